The summed E-state index contributed by atoms with van der Waals surface area (Å²) in [5.74, 6) is 0. The summed E-state index contributed by atoms with van der Waals surface area (Å²) >= 11 is 5.83. The fourth-order valence-electron chi connectivity index (χ4n) is 2.59. The van der Waals surface area contributed by atoms with Crippen molar-refractivity contribution in [2.75, 3.05) is 52.5 Å². The number of rotatable bonds is 8. The lowest BCUT2D eigenvalue weighted by Crippen LogP contribution is -2.46. The Labute approximate surface area is 140 Å². The van der Waals surface area contributed by atoms with Crippen molar-refractivity contribution >= 4 is 17.3 Å². The van der Waals surface area contributed by atoms with Crippen molar-refractivity contribution in [2.24, 2.45) is 0 Å². The minimum Gasteiger partial charge on any atom is -0.394 e. The maximum atomic E-state index is 10.9. The summed E-state index contributed by atoms with van der Waals surface area (Å²) in [6.45, 7) is 6.33. The van der Waals surface area contributed by atoms with E-state index in [0.717, 1.165) is 38.3 Å². The molecule has 8 heteroatoms. The van der Waals surface area contributed by atoms with Gasteiger partial charge in [-0.2, -0.15) is 0 Å². The molecular formula is C15H22ClN3O4. The Hall–Kier alpha value is -1.25. The number of ether oxygens (including phenoxy) is 1. The van der Waals surface area contributed by atoms with Crippen molar-refractivity contribution in [1.82, 2.24) is 9.80 Å². The van der Waals surface area contributed by atoms with E-state index in [1.807, 2.05) is 6.07 Å². The standard InChI is InChI=1S/C15H22ClN3O4/c16-14-2-1-13(11-15(14)19(21)22)12-18-5-3-17(4-6-18)7-9-23-10-8-20/h1-2,11,20H,3-10,12H2. The second-order valence-electron chi connectivity index (χ2n) is 5.50. The molecule has 1 N–H and O–H groups in total. The first-order valence-electron chi connectivity index (χ1n) is 7.66. The molecule has 0 saturated carbocycles. The first-order valence-corrected chi connectivity index (χ1v) is 8.04. The second-order valence-corrected chi connectivity index (χ2v) is 5.90. The molecule has 0 unspecified atom stereocenters. The third kappa shape index (κ3) is 5.71. The van der Waals surface area contributed by atoms with Crippen molar-refractivity contribution in [2.45, 2.75) is 6.54 Å². The van der Waals surface area contributed by atoms with E-state index in [2.05, 4.69) is 9.80 Å². The van der Waals surface area contributed by atoms with Crippen LogP contribution in [0.4, 0.5) is 5.69 Å². The number of benzene rings is 1. The fraction of sp³-hybridized carbons (Fsp3) is 0.600. The van der Waals surface area contributed by atoms with Crippen LogP contribution in [0.5, 0.6) is 0 Å². The molecule has 0 spiro atoms. The SMILES string of the molecule is O=[N+]([O-])c1cc(CN2CCN(CCOCCO)CC2)ccc1Cl. The van der Waals surface area contributed by atoms with E-state index in [9.17, 15) is 10.1 Å². The van der Waals surface area contributed by atoms with Gasteiger partial charge in [0.15, 0.2) is 0 Å². The van der Waals surface area contributed by atoms with E-state index >= 15 is 0 Å². The number of hydrogen-bond acceptors (Lipinski definition) is 6. The molecule has 23 heavy (non-hydrogen) atoms. The van der Waals surface area contributed by atoms with Gasteiger partial charge in [0.1, 0.15) is 5.02 Å². The smallest absolute Gasteiger partial charge is 0.288 e. The highest BCUT2D eigenvalue weighted by Gasteiger charge is 2.18. The van der Waals surface area contributed by atoms with Crippen molar-refractivity contribution in [1.29, 1.82) is 0 Å². The summed E-state index contributed by atoms with van der Waals surface area (Å²) in [7, 11) is 0. The molecule has 0 amide bonds. The van der Waals surface area contributed by atoms with Gasteiger partial charge >= 0.3 is 0 Å². The van der Waals surface area contributed by atoms with E-state index in [-0.39, 0.29) is 17.3 Å². The van der Waals surface area contributed by atoms with Crippen LogP contribution < -0.4 is 0 Å². The van der Waals surface area contributed by atoms with Crippen molar-refractivity contribution in [3.63, 3.8) is 0 Å². The molecule has 1 aromatic rings. The van der Waals surface area contributed by atoms with Crippen LogP contribution in [0.15, 0.2) is 18.2 Å². The molecule has 7 nitrogen and oxygen atoms in total. The van der Waals surface area contributed by atoms with Gasteiger partial charge in [-0.25, -0.2) is 0 Å². The number of aliphatic hydroxyl groups excluding tert-OH is 1. The van der Waals surface area contributed by atoms with E-state index < -0.39 is 4.92 Å². The molecule has 0 radical (unpaired) electrons. The Balaban J connectivity index is 1.78. The maximum absolute atomic E-state index is 10.9. The van der Waals surface area contributed by atoms with Gasteiger partial charge in [-0.05, 0) is 11.6 Å². The summed E-state index contributed by atoms with van der Waals surface area (Å²) in [5, 5.41) is 19.8. The van der Waals surface area contributed by atoms with Crippen LogP contribution in [0, 0.1) is 10.1 Å². The minimum atomic E-state index is -0.448. The zero-order valence-electron chi connectivity index (χ0n) is 13.0. The van der Waals surface area contributed by atoms with Crippen LogP contribution in [-0.4, -0.2) is 72.4 Å². The van der Waals surface area contributed by atoms with Crippen molar-refractivity contribution < 1.29 is 14.8 Å². The topological polar surface area (TPSA) is 79.1 Å². The number of nitro benzene ring substituents is 1. The van der Waals surface area contributed by atoms with Crippen LogP contribution in [0.1, 0.15) is 5.56 Å². The molecule has 1 saturated heterocycles. The largest absolute Gasteiger partial charge is 0.394 e. The van der Waals surface area contributed by atoms with Gasteiger partial charge in [0.05, 0.1) is 24.7 Å². The van der Waals surface area contributed by atoms with Gasteiger partial charge in [-0.1, -0.05) is 17.7 Å². The Morgan fingerprint density at radius 2 is 1.91 bits per heavy atom. The van der Waals surface area contributed by atoms with Crippen LogP contribution >= 0.6 is 11.6 Å². The quantitative estimate of drug-likeness (QED) is 0.436. The molecule has 0 aliphatic carbocycles. The van der Waals surface area contributed by atoms with E-state index in [1.165, 1.54) is 0 Å². The zero-order valence-corrected chi connectivity index (χ0v) is 13.7. The average molecular weight is 344 g/mol. The third-order valence-electron chi connectivity index (χ3n) is 3.87. The van der Waals surface area contributed by atoms with Crippen LogP contribution in [0.2, 0.25) is 5.02 Å². The number of halogens is 1. The van der Waals surface area contributed by atoms with Gasteiger partial charge < -0.3 is 9.84 Å². The Morgan fingerprint density at radius 1 is 1.22 bits per heavy atom. The molecule has 1 heterocycles. The monoisotopic (exact) mass is 343 g/mol. The summed E-state index contributed by atoms with van der Waals surface area (Å²) in [6.07, 6.45) is 0. The molecule has 1 aromatic carbocycles. The van der Waals surface area contributed by atoms with Crippen LogP contribution in [0.3, 0.4) is 0 Å². The van der Waals surface area contributed by atoms with Crippen LogP contribution in [0.25, 0.3) is 0 Å². The van der Waals surface area contributed by atoms with Gasteiger partial charge in [0, 0.05) is 45.3 Å². The summed E-state index contributed by atoms with van der Waals surface area (Å²) < 4.78 is 5.27. The van der Waals surface area contributed by atoms with Crippen molar-refractivity contribution in [3.05, 3.63) is 38.9 Å². The first-order chi connectivity index (χ1) is 11.1. The number of piperazine rings is 1. The molecule has 0 atom stereocenters. The molecule has 0 bridgehead atoms. The molecule has 1 fully saturated rings. The highest BCUT2D eigenvalue weighted by molar-refractivity contribution is 6.32. The second kappa shape index (κ2) is 9.14. The predicted octanol–water partition coefficient (Wildman–Crippen LogP) is 1.37. The van der Waals surface area contributed by atoms with Gasteiger partial charge in [0.25, 0.3) is 5.69 Å². The lowest BCUT2D eigenvalue weighted by atomic mass is 10.1. The van der Waals surface area contributed by atoms with Gasteiger partial charge in [0.2, 0.25) is 0 Å². The van der Waals surface area contributed by atoms with E-state index in [4.69, 9.17) is 21.4 Å². The Kier molecular flexibility index (Phi) is 7.19. The zero-order chi connectivity index (χ0) is 16.7. The fourth-order valence-corrected chi connectivity index (χ4v) is 2.77. The van der Waals surface area contributed by atoms with Gasteiger partial charge in [-0.3, -0.25) is 19.9 Å². The molecule has 0 aromatic heterocycles. The van der Waals surface area contributed by atoms with E-state index in [0.29, 0.717) is 19.8 Å². The number of nitrogens with zero attached hydrogens (tertiary/aromatic N) is 3. The maximum Gasteiger partial charge on any atom is 0.288 e. The Bertz CT molecular complexity index is 521. The summed E-state index contributed by atoms with van der Waals surface area (Å²) in [4.78, 5) is 15.1. The molecule has 2 rings (SSSR count). The first kappa shape index (κ1) is 18.1. The summed E-state index contributed by atoms with van der Waals surface area (Å²) in [6, 6.07) is 4.98. The molecule has 1 aliphatic rings. The Morgan fingerprint density at radius 3 is 2.57 bits per heavy atom. The average Bonchev–Trinajstić information content (AvgIpc) is 2.54. The van der Waals surface area contributed by atoms with Crippen molar-refractivity contribution in [3.8, 4) is 0 Å². The number of hydrogen-bond donors (Lipinski definition) is 1. The third-order valence-corrected chi connectivity index (χ3v) is 4.19. The minimum absolute atomic E-state index is 0.0381. The van der Waals surface area contributed by atoms with E-state index in [1.54, 1.807) is 12.1 Å². The lowest BCUT2D eigenvalue weighted by Gasteiger charge is -2.34. The predicted molar refractivity (Wildman–Crippen MR) is 87.7 cm³/mol. The number of aliphatic hydroxyl groups is 1. The highest BCUT2D eigenvalue weighted by Crippen LogP contribution is 2.25. The lowest BCUT2D eigenvalue weighted by molar-refractivity contribution is -0.384. The molecular weight excluding hydrogens is 322 g/mol. The van der Waals surface area contributed by atoms with Crippen LogP contribution in [-0.2, 0) is 11.3 Å². The van der Waals surface area contributed by atoms with Gasteiger partial charge in [-0.15, -0.1) is 0 Å². The summed E-state index contributed by atoms with van der Waals surface area (Å²) in [5.41, 5.74) is 0.865. The highest BCUT2D eigenvalue weighted by atomic mass is 35.5. The molecule has 1 aliphatic heterocycles. The normalized spacial score (nSPS) is 16.6. The molecule has 128 valence electrons. The number of nitro groups is 1.